The number of H-pyrrole nitrogens is 1. The van der Waals surface area contributed by atoms with Crippen LogP contribution in [-0.4, -0.2) is 66.0 Å². The largest absolute Gasteiger partial charge is 0.497 e. The average Bonchev–Trinajstić information content (AvgIpc) is 3.11. The van der Waals surface area contributed by atoms with Gasteiger partial charge < -0.3 is 19.5 Å². The van der Waals surface area contributed by atoms with Gasteiger partial charge in [0, 0.05) is 37.3 Å². The molecule has 4 rings (SSSR count). The highest BCUT2D eigenvalue weighted by Crippen LogP contribution is 2.24. The smallest absolute Gasteiger partial charge is 0.254 e. The van der Waals surface area contributed by atoms with Crippen LogP contribution in [0.1, 0.15) is 10.4 Å². The molecule has 3 aromatic rings. The van der Waals surface area contributed by atoms with E-state index in [2.05, 4.69) is 21.9 Å². The molecule has 1 aliphatic rings. The van der Waals surface area contributed by atoms with Crippen molar-refractivity contribution < 1.29 is 9.53 Å². The maximum atomic E-state index is 12.8. The highest BCUT2D eigenvalue weighted by atomic mass is 16.5. The molecule has 0 atom stereocenters. The summed E-state index contributed by atoms with van der Waals surface area (Å²) in [5.74, 6) is 1.68. The quantitative estimate of drug-likeness (QED) is 0.789. The fourth-order valence-corrected chi connectivity index (χ4v) is 3.22. The predicted molar refractivity (Wildman–Crippen MR) is 101 cm³/mol. The second-order valence-corrected chi connectivity index (χ2v) is 6.64. The maximum absolute atomic E-state index is 12.8. The van der Waals surface area contributed by atoms with E-state index in [0.29, 0.717) is 5.56 Å². The van der Waals surface area contributed by atoms with Crippen molar-refractivity contribution in [1.82, 2.24) is 19.8 Å². The summed E-state index contributed by atoms with van der Waals surface area (Å²) < 4.78 is 5.19. The first-order valence-corrected chi connectivity index (χ1v) is 8.76. The minimum atomic E-state index is 0.0839. The van der Waals surface area contributed by atoms with Crippen LogP contribution in [0, 0.1) is 0 Å². The lowest BCUT2D eigenvalue weighted by Crippen LogP contribution is -2.47. The molecular weight excluding hydrogens is 328 g/mol. The van der Waals surface area contributed by atoms with Gasteiger partial charge in [-0.15, -0.1) is 0 Å². The van der Waals surface area contributed by atoms with E-state index in [-0.39, 0.29) is 5.91 Å². The lowest BCUT2D eigenvalue weighted by Gasteiger charge is -2.32. The number of ether oxygens (including phenoxy) is 1. The van der Waals surface area contributed by atoms with E-state index in [9.17, 15) is 4.79 Å². The van der Waals surface area contributed by atoms with Crippen LogP contribution >= 0.6 is 0 Å². The number of nitrogens with one attached hydrogen (secondary N) is 1. The Bertz CT molecular complexity index is 925. The molecule has 26 heavy (non-hydrogen) atoms. The normalized spacial score (nSPS) is 15.4. The van der Waals surface area contributed by atoms with Crippen LogP contribution < -0.4 is 4.74 Å². The van der Waals surface area contributed by atoms with E-state index < -0.39 is 0 Å². The Morgan fingerprint density at radius 2 is 1.81 bits per heavy atom. The second kappa shape index (κ2) is 6.80. The monoisotopic (exact) mass is 350 g/mol. The highest BCUT2D eigenvalue weighted by molar-refractivity contribution is 5.97. The zero-order chi connectivity index (χ0) is 18.1. The van der Waals surface area contributed by atoms with Gasteiger partial charge >= 0.3 is 0 Å². The zero-order valence-corrected chi connectivity index (χ0v) is 15.0. The molecule has 2 aromatic carbocycles. The topological polar surface area (TPSA) is 61.5 Å². The predicted octanol–water partition coefficient (Wildman–Crippen LogP) is 2.63. The molecule has 0 spiro atoms. The molecule has 6 nitrogen and oxygen atoms in total. The van der Waals surface area contributed by atoms with Gasteiger partial charge in [-0.3, -0.25) is 4.79 Å². The molecular formula is C20H22N4O2. The van der Waals surface area contributed by atoms with Crippen LogP contribution in [0.5, 0.6) is 5.75 Å². The summed E-state index contributed by atoms with van der Waals surface area (Å²) in [6, 6.07) is 13.4. The first-order valence-electron chi connectivity index (χ1n) is 8.76. The van der Waals surface area contributed by atoms with E-state index in [1.807, 2.05) is 47.4 Å². The number of aromatic nitrogens is 2. The average molecular weight is 350 g/mol. The van der Waals surface area contributed by atoms with Crippen molar-refractivity contribution in [2.24, 2.45) is 0 Å². The molecule has 0 saturated carbocycles. The SMILES string of the molecule is COc1ccc(-c2nc3ccc(C(=O)N4CCN(C)CC4)cc3[nH]2)cc1. The summed E-state index contributed by atoms with van der Waals surface area (Å²) in [6.45, 7) is 3.38. The maximum Gasteiger partial charge on any atom is 0.254 e. The van der Waals surface area contributed by atoms with Gasteiger partial charge in [0.15, 0.2) is 0 Å². The molecule has 1 saturated heterocycles. The van der Waals surface area contributed by atoms with Crippen LogP contribution in [0.3, 0.4) is 0 Å². The number of aromatic amines is 1. The van der Waals surface area contributed by atoms with Gasteiger partial charge in [-0.25, -0.2) is 4.98 Å². The van der Waals surface area contributed by atoms with Crippen molar-refractivity contribution in [1.29, 1.82) is 0 Å². The van der Waals surface area contributed by atoms with Gasteiger partial charge in [-0.05, 0) is 49.5 Å². The van der Waals surface area contributed by atoms with Gasteiger partial charge in [0.2, 0.25) is 0 Å². The standard InChI is InChI=1S/C20H22N4O2/c1-23-9-11-24(12-10-23)20(25)15-5-8-17-18(13-15)22-19(21-17)14-3-6-16(26-2)7-4-14/h3-8,13H,9-12H2,1-2H3,(H,21,22). The van der Waals surface area contributed by atoms with Gasteiger partial charge in [0.05, 0.1) is 18.1 Å². The number of hydrogen-bond acceptors (Lipinski definition) is 4. The Balaban J connectivity index is 1.60. The van der Waals surface area contributed by atoms with Crippen LogP contribution in [0.15, 0.2) is 42.5 Å². The summed E-state index contributed by atoms with van der Waals surface area (Å²) in [4.78, 5) is 24.9. The number of amides is 1. The molecule has 1 N–H and O–H groups in total. The lowest BCUT2D eigenvalue weighted by molar-refractivity contribution is 0.0664. The number of piperazine rings is 1. The third-order valence-electron chi connectivity index (χ3n) is 4.88. The van der Waals surface area contributed by atoms with Gasteiger partial charge in [-0.2, -0.15) is 0 Å². The first-order chi connectivity index (χ1) is 12.6. The summed E-state index contributed by atoms with van der Waals surface area (Å²) in [5, 5.41) is 0. The molecule has 0 aliphatic carbocycles. The Labute approximate surface area is 152 Å². The van der Waals surface area contributed by atoms with Crippen molar-refractivity contribution in [2.45, 2.75) is 0 Å². The van der Waals surface area contributed by atoms with Crippen molar-refractivity contribution >= 4 is 16.9 Å². The summed E-state index contributed by atoms with van der Waals surface area (Å²) in [7, 11) is 3.73. The molecule has 1 amide bonds. The molecule has 6 heteroatoms. The van der Waals surface area contributed by atoms with Gasteiger partial charge in [0.25, 0.3) is 5.91 Å². The molecule has 1 fully saturated rings. The number of rotatable bonds is 3. The Hall–Kier alpha value is -2.86. The highest BCUT2D eigenvalue weighted by Gasteiger charge is 2.20. The number of benzene rings is 2. The third kappa shape index (κ3) is 3.15. The number of likely N-dealkylation sites (N-methyl/N-ethyl adjacent to an activating group) is 1. The molecule has 1 aliphatic heterocycles. The third-order valence-corrected chi connectivity index (χ3v) is 4.88. The molecule has 134 valence electrons. The van der Waals surface area contributed by atoms with E-state index in [1.165, 1.54) is 0 Å². The number of carbonyl (C=O) groups excluding carboxylic acids is 1. The summed E-state index contributed by atoms with van der Waals surface area (Å²) >= 11 is 0. The number of nitrogens with zero attached hydrogens (tertiary/aromatic N) is 3. The van der Waals surface area contributed by atoms with E-state index in [0.717, 1.165) is 54.3 Å². The molecule has 0 radical (unpaired) electrons. The fourth-order valence-electron chi connectivity index (χ4n) is 3.22. The number of imidazole rings is 1. The molecule has 1 aromatic heterocycles. The first kappa shape index (κ1) is 16.6. The fraction of sp³-hybridized carbons (Fsp3) is 0.300. The van der Waals surface area contributed by atoms with E-state index >= 15 is 0 Å². The van der Waals surface area contributed by atoms with Crippen LogP contribution in [0.25, 0.3) is 22.4 Å². The number of fused-ring (bicyclic) bond motifs is 1. The van der Waals surface area contributed by atoms with Crippen molar-refractivity contribution in [3.8, 4) is 17.1 Å². The second-order valence-electron chi connectivity index (χ2n) is 6.64. The summed E-state index contributed by atoms with van der Waals surface area (Å²) in [5.41, 5.74) is 3.41. The van der Waals surface area contributed by atoms with E-state index in [4.69, 9.17) is 4.74 Å². The summed E-state index contributed by atoms with van der Waals surface area (Å²) in [6.07, 6.45) is 0. The van der Waals surface area contributed by atoms with Gasteiger partial charge in [-0.1, -0.05) is 0 Å². The Morgan fingerprint density at radius 3 is 2.50 bits per heavy atom. The lowest BCUT2D eigenvalue weighted by atomic mass is 10.1. The van der Waals surface area contributed by atoms with Crippen LogP contribution in [0.2, 0.25) is 0 Å². The number of hydrogen-bond donors (Lipinski definition) is 1. The minimum Gasteiger partial charge on any atom is -0.497 e. The molecule has 2 heterocycles. The Kier molecular flexibility index (Phi) is 4.34. The minimum absolute atomic E-state index is 0.0839. The van der Waals surface area contributed by atoms with Crippen molar-refractivity contribution in [2.75, 3.05) is 40.3 Å². The van der Waals surface area contributed by atoms with Crippen LogP contribution in [0.4, 0.5) is 0 Å². The van der Waals surface area contributed by atoms with Crippen molar-refractivity contribution in [3.63, 3.8) is 0 Å². The zero-order valence-electron chi connectivity index (χ0n) is 15.0. The van der Waals surface area contributed by atoms with Crippen LogP contribution in [-0.2, 0) is 0 Å². The van der Waals surface area contributed by atoms with Crippen molar-refractivity contribution in [3.05, 3.63) is 48.0 Å². The Morgan fingerprint density at radius 1 is 1.08 bits per heavy atom. The molecule has 0 bridgehead atoms. The van der Waals surface area contributed by atoms with Gasteiger partial charge in [0.1, 0.15) is 11.6 Å². The number of methoxy groups -OCH3 is 1. The van der Waals surface area contributed by atoms with E-state index in [1.54, 1.807) is 7.11 Å². The molecule has 0 unspecified atom stereocenters. The number of carbonyl (C=O) groups is 1.